The van der Waals surface area contributed by atoms with Gasteiger partial charge in [-0.2, -0.15) is 0 Å². The smallest absolute Gasteiger partial charge is 0.341 e. The van der Waals surface area contributed by atoms with E-state index in [-0.39, 0.29) is 10.7 Å². The highest BCUT2D eigenvalue weighted by molar-refractivity contribution is 6.32. The van der Waals surface area contributed by atoms with E-state index in [9.17, 15) is 4.79 Å². The summed E-state index contributed by atoms with van der Waals surface area (Å²) in [4.78, 5) is 16.5. The van der Waals surface area contributed by atoms with Crippen molar-refractivity contribution in [3.8, 4) is 11.7 Å². The molecule has 1 unspecified atom stereocenters. The van der Waals surface area contributed by atoms with Crippen LogP contribution in [0.3, 0.4) is 0 Å². The lowest BCUT2D eigenvalue weighted by Gasteiger charge is -2.20. The van der Waals surface area contributed by atoms with Crippen LogP contribution in [-0.2, 0) is 4.74 Å². The minimum atomic E-state index is -0.591. The Balaban J connectivity index is 1.40. The molecule has 7 heteroatoms. The molecule has 28 heavy (non-hydrogen) atoms. The van der Waals surface area contributed by atoms with Crippen LogP contribution in [0, 0.1) is 17.8 Å². The fourth-order valence-corrected chi connectivity index (χ4v) is 4.55. The van der Waals surface area contributed by atoms with Crippen LogP contribution in [0.2, 0.25) is 5.15 Å². The van der Waals surface area contributed by atoms with Crippen LogP contribution in [0.4, 0.5) is 0 Å². The number of pyridine rings is 1. The lowest BCUT2D eigenvalue weighted by molar-refractivity contribution is 0.00693. The first kappa shape index (κ1) is 19.2. The average molecular weight is 404 g/mol. The molecular formula is C21H26ClN3O3. The van der Waals surface area contributed by atoms with Crippen molar-refractivity contribution in [2.45, 2.75) is 52.1 Å². The van der Waals surface area contributed by atoms with Gasteiger partial charge in [-0.05, 0) is 69.9 Å². The van der Waals surface area contributed by atoms with E-state index in [0.717, 1.165) is 18.4 Å². The molecular weight excluding hydrogens is 378 g/mol. The SMILES string of the molecule is CC(C)(C)OC(=O)c1ccc(-n2ccc(OCC3C[C@@H]4CC[C@H]3C4)n2)nc1Cl. The lowest BCUT2D eigenvalue weighted by Crippen LogP contribution is -2.24. The molecule has 2 saturated carbocycles. The molecule has 2 aliphatic carbocycles. The molecule has 2 fully saturated rings. The quantitative estimate of drug-likeness (QED) is 0.535. The zero-order valence-electron chi connectivity index (χ0n) is 16.5. The molecule has 2 aromatic heterocycles. The van der Waals surface area contributed by atoms with Gasteiger partial charge in [0.15, 0.2) is 5.82 Å². The third-order valence-electron chi connectivity index (χ3n) is 5.58. The summed E-state index contributed by atoms with van der Waals surface area (Å²) in [7, 11) is 0. The van der Waals surface area contributed by atoms with Gasteiger partial charge in [-0.1, -0.05) is 18.0 Å². The van der Waals surface area contributed by atoms with E-state index < -0.39 is 11.6 Å². The Morgan fingerprint density at radius 2 is 2.07 bits per heavy atom. The molecule has 150 valence electrons. The van der Waals surface area contributed by atoms with Crippen LogP contribution in [0.1, 0.15) is 56.8 Å². The third kappa shape index (κ3) is 4.17. The maximum Gasteiger partial charge on any atom is 0.341 e. The second kappa shape index (κ2) is 7.39. The molecule has 0 saturated heterocycles. The molecule has 2 heterocycles. The van der Waals surface area contributed by atoms with E-state index in [0.29, 0.717) is 17.6 Å². The van der Waals surface area contributed by atoms with Gasteiger partial charge in [0.25, 0.3) is 0 Å². The van der Waals surface area contributed by atoms with Crippen molar-refractivity contribution >= 4 is 17.6 Å². The van der Waals surface area contributed by atoms with Crippen molar-refractivity contribution < 1.29 is 14.3 Å². The number of nitrogens with zero attached hydrogens (tertiary/aromatic N) is 3. The fourth-order valence-electron chi connectivity index (χ4n) is 4.32. The van der Waals surface area contributed by atoms with Crippen molar-refractivity contribution in [1.82, 2.24) is 14.8 Å². The van der Waals surface area contributed by atoms with Crippen LogP contribution < -0.4 is 4.74 Å². The minimum absolute atomic E-state index is 0.0895. The van der Waals surface area contributed by atoms with Gasteiger partial charge in [0.05, 0.1) is 12.2 Å². The summed E-state index contributed by atoms with van der Waals surface area (Å²) in [6, 6.07) is 5.12. The second-order valence-corrected chi connectivity index (χ2v) is 9.21. The zero-order valence-corrected chi connectivity index (χ0v) is 17.3. The maximum absolute atomic E-state index is 12.2. The Kier molecular flexibility index (Phi) is 5.08. The summed E-state index contributed by atoms with van der Waals surface area (Å²) in [5.74, 6) is 3.00. The van der Waals surface area contributed by atoms with Crippen LogP contribution in [0.15, 0.2) is 24.4 Å². The Bertz CT molecular complexity index is 874. The lowest BCUT2D eigenvalue weighted by atomic mass is 9.90. The minimum Gasteiger partial charge on any atom is -0.476 e. The predicted octanol–water partition coefficient (Wildman–Crippen LogP) is 4.69. The number of aromatic nitrogens is 3. The second-order valence-electron chi connectivity index (χ2n) is 8.85. The van der Waals surface area contributed by atoms with Crippen LogP contribution in [0.25, 0.3) is 5.82 Å². The Morgan fingerprint density at radius 1 is 1.25 bits per heavy atom. The first-order valence-electron chi connectivity index (χ1n) is 9.87. The molecule has 0 aromatic carbocycles. The van der Waals surface area contributed by atoms with Crippen molar-refractivity contribution in [2.24, 2.45) is 17.8 Å². The summed E-state index contributed by atoms with van der Waals surface area (Å²) in [6.07, 6.45) is 7.17. The normalized spacial score (nSPS) is 23.8. The monoisotopic (exact) mass is 403 g/mol. The Morgan fingerprint density at radius 3 is 2.71 bits per heavy atom. The van der Waals surface area contributed by atoms with Crippen molar-refractivity contribution in [3.63, 3.8) is 0 Å². The van der Waals surface area contributed by atoms with Crippen molar-refractivity contribution in [3.05, 3.63) is 35.1 Å². The molecule has 0 radical (unpaired) electrons. The van der Waals surface area contributed by atoms with Gasteiger partial charge in [0.1, 0.15) is 10.8 Å². The van der Waals surface area contributed by atoms with Gasteiger partial charge >= 0.3 is 5.97 Å². The number of carbonyl (C=O) groups is 1. The van der Waals surface area contributed by atoms with Gasteiger partial charge in [0, 0.05) is 12.3 Å². The molecule has 0 spiro atoms. The molecule has 0 amide bonds. The van der Waals surface area contributed by atoms with Crippen LogP contribution in [0.5, 0.6) is 5.88 Å². The molecule has 4 rings (SSSR count). The molecule has 0 aliphatic heterocycles. The summed E-state index contributed by atoms with van der Waals surface area (Å²) in [5.41, 5.74) is -0.355. The number of hydrogen-bond donors (Lipinski definition) is 0. The maximum atomic E-state index is 12.2. The number of esters is 1. The number of ether oxygens (including phenoxy) is 2. The van der Waals surface area contributed by atoms with E-state index in [2.05, 4.69) is 10.1 Å². The average Bonchev–Trinajstić information content (AvgIpc) is 3.35. The van der Waals surface area contributed by atoms with Gasteiger partial charge in [-0.25, -0.2) is 14.5 Å². The molecule has 6 nitrogen and oxygen atoms in total. The Hall–Kier alpha value is -2.08. The summed E-state index contributed by atoms with van der Waals surface area (Å²) in [6.45, 7) is 6.15. The van der Waals surface area contributed by atoms with Crippen LogP contribution >= 0.6 is 11.6 Å². The predicted molar refractivity (Wildman–Crippen MR) is 106 cm³/mol. The highest BCUT2D eigenvalue weighted by Crippen LogP contribution is 2.48. The summed E-state index contributed by atoms with van der Waals surface area (Å²) < 4.78 is 12.9. The first-order valence-corrected chi connectivity index (χ1v) is 10.2. The molecule has 2 aromatic rings. The van der Waals surface area contributed by atoms with E-state index in [4.69, 9.17) is 21.1 Å². The largest absolute Gasteiger partial charge is 0.476 e. The number of hydrogen-bond acceptors (Lipinski definition) is 5. The highest BCUT2D eigenvalue weighted by atomic mass is 35.5. The summed E-state index contributed by atoms with van der Waals surface area (Å²) in [5, 5.41) is 4.53. The fraction of sp³-hybridized carbons (Fsp3) is 0.571. The van der Waals surface area contributed by atoms with E-state index in [1.165, 1.54) is 25.7 Å². The summed E-state index contributed by atoms with van der Waals surface area (Å²) >= 11 is 6.21. The van der Waals surface area contributed by atoms with E-state index in [1.807, 2.05) is 26.8 Å². The van der Waals surface area contributed by atoms with E-state index >= 15 is 0 Å². The van der Waals surface area contributed by atoms with Crippen LogP contribution in [-0.4, -0.2) is 32.9 Å². The highest BCUT2D eigenvalue weighted by Gasteiger charge is 2.39. The number of carbonyl (C=O) groups excluding carboxylic acids is 1. The third-order valence-corrected chi connectivity index (χ3v) is 5.87. The molecule has 3 atom stereocenters. The van der Waals surface area contributed by atoms with Gasteiger partial charge in [-0.3, -0.25) is 0 Å². The van der Waals surface area contributed by atoms with E-state index in [1.54, 1.807) is 23.0 Å². The topological polar surface area (TPSA) is 66.2 Å². The first-order chi connectivity index (χ1) is 13.3. The van der Waals surface area contributed by atoms with Crippen molar-refractivity contribution in [1.29, 1.82) is 0 Å². The molecule has 2 aliphatic rings. The molecule has 2 bridgehead atoms. The number of rotatable bonds is 5. The van der Waals surface area contributed by atoms with Gasteiger partial charge in [0.2, 0.25) is 5.88 Å². The number of halogens is 1. The van der Waals surface area contributed by atoms with Gasteiger partial charge < -0.3 is 9.47 Å². The van der Waals surface area contributed by atoms with Crippen molar-refractivity contribution in [2.75, 3.05) is 6.61 Å². The Labute approximate surface area is 170 Å². The standard InChI is InChI=1S/C21H26ClN3O3/c1-21(2,3)28-20(26)16-6-7-17(23-19(16)22)25-9-8-18(24-25)27-12-15-11-13-4-5-14(15)10-13/h6-9,13-15H,4-5,10-12H2,1-3H3/t13-,14+,15?/m1/s1. The number of fused-ring (bicyclic) bond motifs is 2. The van der Waals surface area contributed by atoms with Gasteiger partial charge in [-0.15, -0.1) is 5.10 Å². The molecule has 0 N–H and O–H groups in total. The zero-order chi connectivity index (χ0) is 19.9.